The van der Waals surface area contributed by atoms with Gasteiger partial charge in [0.2, 0.25) is 0 Å². The van der Waals surface area contributed by atoms with Gasteiger partial charge in [0, 0.05) is 13.7 Å². The Morgan fingerprint density at radius 2 is 2.00 bits per heavy atom. The third-order valence-electron chi connectivity index (χ3n) is 4.07. The smallest absolute Gasteiger partial charge is 0.328 e. The number of H-pyrrole nitrogens is 1. The van der Waals surface area contributed by atoms with Gasteiger partial charge in [-0.15, -0.1) is 0 Å². The number of methoxy groups -OCH3 is 1. The highest BCUT2D eigenvalue weighted by Crippen LogP contribution is 2.18. The second-order valence-electron chi connectivity index (χ2n) is 6.06. The number of nitrogens with two attached hydrogens (primary N) is 1. The number of benzene rings is 1. The molecule has 0 saturated heterocycles. The molecule has 3 rings (SSSR count). The van der Waals surface area contributed by atoms with Crippen molar-refractivity contribution >= 4 is 34.3 Å². The summed E-state index contributed by atoms with van der Waals surface area (Å²) < 4.78 is 11.8. The molecule has 154 valence electrons. The average Bonchev–Trinajstić information content (AvgIpc) is 3.03. The van der Waals surface area contributed by atoms with Crippen LogP contribution in [0.25, 0.3) is 11.2 Å². The van der Waals surface area contributed by atoms with Gasteiger partial charge in [-0.1, -0.05) is 24.3 Å². The summed E-state index contributed by atoms with van der Waals surface area (Å²) in [6.07, 6.45) is 0. The summed E-state index contributed by atoms with van der Waals surface area (Å²) in [5, 5.41) is 11.7. The highest BCUT2D eigenvalue weighted by Gasteiger charge is 2.15. The lowest BCUT2D eigenvalue weighted by Crippen LogP contribution is -2.32. The molecule has 0 amide bonds. The number of anilines is 1. The number of hydrogen-bond acceptors (Lipinski definition) is 8. The molecule has 1 aromatic carbocycles. The number of aromatic nitrogens is 4. The van der Waals surface area contributed by atoms with Crippen molar-refractivity contribution in [2.24, 2.45) is 0 Å². The minimum atomic E-state index is -0.347. The number of nitrogen functional groups attached to an aromatic ring is 1. The van der Waals surface area contributed by atoms with Gasteiger partial charge in [-0.05, 0) is 23.3 Å². The minimum Gasteiger partial charge on any atom is -0.461 e. The van der Waals surface area contributed by atoms with Gasteiger partial charge in [0.1, 0.15) is 12.1 Å². The van der Waals surface area contributed by atoms with Gasteiger partial charge in [-0.2, -0.15) is 9.97 Å². The van der Waals surface area contributed by atoms with Crippen molar-refractivity contribution in [3.05, 3.63) is 45.9 Å². The lowest BCUT2D eigenvalue weighted by atomic mass is 10.1. The lowest BCUT2D eigenvalue weighted by molar-refractivity contribution is 0.141. The van der Waals surface area contributed by atoms with Crippen molar-refractivity contribution in [3.63, 3.8) is 0 Å². The van der Waals surface area contributed by atoms with Crippen molar-refractivity contribution in [2.45, 2.75) is 13.1 Å². The number of ether oxygens (including phenoxy) is 2. The van der Waals surface area contributed by atoms with Gasteiger partial charge < -0.3 is 25.5 Å². The number of aromatic amines is 1. The molecule has 0 aliphatic rings. The van der Waals surface area contributed by atoms with Crippen molar-refractivity contribution in [2.75, 3.05) is 26.1 Å². The van der Waals surface area contributed by atoms with Crippen LogP contribution in [0.5, 0.6) is 6.01 Å². The Bertz CT molecular complexity index is 1050. The van der Waals surface area contributed by atoms with E-state index in [-0.39, 0.29) is 35.8 Å². The molecule has 6 N–H and O–H groups in total. The summed E-state index contributed by atoms with van der Waals surface area (Å²) in [4.78, 5) is 23.5. The zero-order chi connectivity index (χ0) is 20.8. The van der Waals surface area contributed by atoms with E-state index in [2.05, 4.69) is 20.3 Å². The maximum atomic E-state index is 12.4. The Morgan fingerprint density at radius 1 is 1.28 bits per heavy atom. The van der Waals surface area contributed by atoms with E-state index in [0.29, 0.717) is 24.3 Å². The number of thiocarbonyl (C=S) groups is 1. The summed E-state index contributed by atoms with van der Waals surface area (Å²) in [6, 6.07) is 7.64. The average molecular weight is 419 g/mol. The fourth-order valence-electron chi connectivity index (χ4n) is 2.63. The van der Waals surface area contributed by atoms with E-state index in [4.69, 9.17) is 32.6 Å². The Labute approximate surface area is 170 Å². The van der Waals surface area contributed by atoms with Gasteiger partial charge in [0.05, 0.1) is 13.2 Å². The third kappa shape index (κ3) is 4.99. The monoisotopic (exact) mass is 419 g/mol. The van der Waals surface area contributed by atoms with Crippen LogP contribution in [0.1, 0.15) is 11.1 Å². The quantitative estimate of drug-likeness (QED) is 0.193. The van der Waals surface area contributed by atoms with E-state index in [1.165, 1.54) is 4.57 Å². The maximum Gasteiger partial charge on any atom is 0.328 e. The molecule has 29 heavy (non-hydrogen) atoms. The lowest BCUT2D eigenvalue weighted by Gasteiger charge is -2.08. The van der Waals surface area contributed by atoms with Crippen molar-refractivity contribution in [1.29, 1.82) is 0 Å². The molecule has 12 heteroatoms. The van der Waals surface area contributed by atoms with E-state index in [9.17, 15) is 4.79 Å². The first-order valence-electron chi connectivity index (χ1n) is 8.65. The summed E-state index contributed by atoms with van der Waals surface area (Å²) in [5.74, 6) is 0.133. The Balaban J connectivity index is 1.81. The van der Waals surface area contributed by atoms with Crippen molar-refractivity contribution < 1.29 is 14.7 Å². The molecule has 0 saturated carbocycles. The highest BCUT2D eigenvalue weighted by molar-refractivity contribution is 7.80. The zero-order valence-electron chi connectivity index (χ0n) is 15.6. The number of fused-ring (bicyclic) bond motifs is 1. The van der Waals surface area contributed by atoms with E-state index >= 15 is 0 Å². The molecule has 0 aliphatic heterocycles. The van der Waals surface area contributed by atoms with E-state index in [1.807, 2.05) is 29.7 Å². The molecule has 3 aromatic rings. The fraction of sp³-hybridized carbons (Fsp3) is 0.294. The predicted molar refractivity (Wildman–Crippen MR) is 110 cm³/mol. The number of imidazole rings is 1. The molecule has 2 aromatic heterocycles. The topological polar surface area (TPSA) is 152 Å². The third-order valence-corrected chi connectivity index (χ3v) is 4.30. The van der Waals surface area contributed by atoms with Crippen LogP contribution in [0.4, 0.5) is 5.82 Å². The van der Waals surface area contributed by atoms with Crippen molar-refractivity contribution in [3.8, 4) is 6.01 Å². The van der Waals surface area contributed by atoms with Crippen LogP contribution < -0.4 is 27.0 Å². The number of hydroxylamine groups is 1. The number of nitrogens with one attached hydrogen (secondary N) is 3. The molecule has 11 nitrogen and oxygen atoms in total. The summed E-state index contributed by atoms with van der Waals surface area (Å²) >= 11 is 4.82. The Morgan fingerprint density at radius 3 is 2.69 bits per heavy atom. The first-order chi connectivity index (χ1) is 14.0. The van der Waals surface area contributed by atoms with Gasteiger partial charge in [-0.25, -0.2) is 10.3 Å². The number of rotatable bonds is 8. The van der Waals surface area contributed by atoms with Crippen LogP contribution in [0, 0.1) is 0 Å². The highest BCUT2D eigenvalue weighted by atomic mass is 32.1. The van der Waals surface area contributed by atoms with E-state index in [1.54, 1.807) is 7.11 Å². The molecule has 0 radical (unpaired) electrons. The van der Waals surface area contributed by atoms with E-state index < -0.39 is 0 Å². The van der Waals surface area contributed by atoms with Gasteiger partial charge in [0.25, 0.3) is 0 Å². The van der Waals surface area contributed by atoms with Gasteiger partial charge in [0.15, 0.2) is 16.6 Å². The second kappa shape index (κ2) is 9.32. The SMILES string of the molecule is COCCOc1nc(N)c2[nH]c(=O)n(Cc3ccc(CNC(=S)NO)cc3)c2n1. The molecule has 0 atom stereocenters. The second-order valence-corrected chi connectivity index (χ2v) is 6.47. The Kier molecular flexibility index (Phi) is 6.59. The van der Waals surface area contributed by atoms with E-state index in [0.717, 1.165) is 11.1 Å². The zero-order valence-corrected chi connectivity index (χ0v) is 16.5. The molecular formula is C17H21N7O4S. The van der Waals surface area contributed by atoms with Crippen LogP contribution >= 0.6 is 12.2 Å². The molecule has 0 fully saturated rings. The van der Waals surface area contributed by atoms with Crippen molar-refractivity contribution in [1.82, 2.24) is 30.3 Å². The van der Waals surface area contributed by atoms with Crippen LogP contribution in [0.3, 0.4) is 0 Å². The molecule has 2 heterocycles. The standard InChI is InChI=1S/C17H21N7O4S/c1-27-6-7-28-15-21-13(18)12-14(22-15)24(17(25)20-12)9-11-4-2-10(3-5-11)8-19-16(29)23-26/h2-5,26H,6-9H2,1H3,(H,20,25)(H2,18,21,22)(H2,19,23,29). The van der Waals surface area contributed by atoms with Crippen LogP contribution in [0.2, 0.25) is 0 Å². The van der Waals surface area contributed by atoms with Crippen LogP contribution in [-0.2, 0) is 17.8 Å². The normalized spacial score (nSPS) is 10.8. The molecular weight excluding hydrogens is 398 g/mol. The summed E-state index contributed by atoms with van der Waals surface area (Å²) in [5.41, 5.74) is 10.0. The number of nitrogens with zero attached hydrogens (tertiary/aromatic N) is 3. The Hall–Kier alpha value is -3.22. The first-order valence-corrected chi connectivity index (χ1v) is 9.06. The van der Waals surface area contributed by atoms with Gasteiger partial charge >= 0.3 is 11.7 Å². The molecule has 0 aliphatic carbocycles. The molecule has 0 bridgehead atoms. The maximum absolute atomic E-state index is 12.4. The molecule has 0 spiro atoms. The minimum absolute atomic E-state index is 0.0784. The van der Waals surface area contributed by atoms with Crippen LogP contribution in [0.15, 0.2) is 29.1 Å². The largest absolute Gasteiger partial charge is 0.461 e. The fourth-order valence-corrected chi connectivity index (χ4v) is 2.70. The van der Waals surface area contributed by atoms with Crippen LogP contribution in [-0.4, -0.2) is 50.2 Å². The summed E-state index contributed by atoms with van der Waals surface area (Å²) in [7, 11) is 1.56. The van der Waals surface area contributed by atoms with Gasteiger partial charge in [-0.3, -0.25) is 9.77 Å². The predicted octanol–water partition coefficient (Wildman–Crippen LogP) is 0.129. The number of hydrogen-bond donors (Lipinski definition) is 5. The molecule has 0 unspecified atom stereocenters. The summed E-state index contributed by atoms with van der Waals surface area (Å²) in [6.45, 7) is 1.38. The first kappa shape index (κ1) is 20.5.